The highest BCUT2D eigenvalue weighted by atomic mass is 32.1. The van der Waals surface area contributed by atoms with Crippen molar-refractivity contribution < 1.29 is 22.7 Å². The van der Waals surface area contributed by atoms with E-state index in [1.165, 1.54) is 23.5 Å². The normalized spacial score (nSPS) is 12.8. The molecule has 1 aromatic carbocycles. The Hall–Kier alpha value is -2.09. The molecule has 21 heavy (non-hydrogen) atoms. The molecule has 1 aromatic heterocycles. The van der Waals surface area contributed by atoms with Crippen LogP contribution in [-0.4, -0.2) is 17.3 Å². The predicted octanol–water partition coefficient (Wildman–Crippen LogP) is 3.53. The van der Waals surface area contributed by atoms with Crippen LogP contribution in [0.1, 0.15) is 28.3 Å². The van der Waals surface area contributed by atoms with Gasteiger partial charge >= 0.3 is 6.36 Å². The van der Waals surface area contributed by atoms with Crippen LogP contribution in [0.5, 0.6) is 5.75 Å². The molecule has 1 amide bonds. The molecule has 1 heterocycles. The van der Waals surface area contributed by atoms with E-state index in [0.717, 1.165) is 17.1 Å². The SMILES string of the molecule is CC(NC(=O)c1ccc(OC(F)(F)F)cc1)c1nccs1. The number of halogens is 3. The lowest BCUT2D eigenvalue weighted by molar-refractivity contribution is -0.274. The van der Waals surface area contributed by atoms with E-state index in [1.807, 2.05) is 0 Å². The highest BCUT2D eigenvalue weighted by Gasteiger charge is 2.31. The largest absolute Gasteiger partial charge is 0.573 e. The summed E-state index contributed by atoms with van der Waals surface area (Å²) in [7, 11) is 0. The molecule has 1 atom stereocenters. The molecular weight excluding hydrogens is 305 g/mol. The molecule has 2 aromatic rings. The summed E-state index contributed by atoms with van der Waals surface area (Å²) in [5.41, 5.74) is 0.243. The monoisotopic (exact) mass is 316 g/mol. The van der Waals surface area contributed by atoms with Crippen LogP contribution in [0.15, 0.2) is 35.8 Å². The molecule has 8 heteroatoms. The molecule has 1 N–H and O–H groups in total. The number of carbonyl (C=O) groups excluding carboxylic acids is 1. The first-order valence-electron chi connectivity index (χ1n) is 5.91. The van der Waals surface area contributed by atoms with E-state index in [9.17, 15) is 18.0 Å². The fourth-order valence-corrected chi connectivity index (χ4v) is 2.24. The number of nitrogens with zero attached hydrogens (tertiary/aromatic N) is 1. The van der Waals surface area contributed by atoms with Crippen LogP contribution in [0.25, 0.3) is 0 Å². The van der Waals surface area contributed by atoms with Crippen molar-refractivity contribution in [3.05, 3.63) is 46.4 Å². The zero-order valence-electron chi connectivity index (χ0n) is 10.8. The highest BCUT2D eigenvalue weighted by Crippen LogP contribution is 2.23. The van der Waals surface area contributed by atoms with Crippen molar-refractivity contribution in [1.82, 2.24) is 10.3 Å². The van der Waals surface area contributed by atoms with Gasteiger partial charge < -0.3 is 10.1 Å². The van der Waals surface area contributed by atoms with Crippen molar-refractivity contribution in [3.8, 4) is 5.75 Å². The summed E-state index contributed by atoms with van der Waals surface area (Å²) in [5, 5.41) is 5.26. The van der Waals surface area contributed by atoms with Gasteiger partial charge in [-0.1, -0.05) is 0 Å². The summed E-state index contributed by atoms with van der Waals surface area (Å²) < 4.78 is 39.8. The Morgan fingerprint density at radius 1 is 1.33 bits per heavy atom. The van der Waals surface area contributed by atoms with Gasteiger partial charge in [0.1, 0.15) is 10.8 Å². The minimum atomic E-state index is -4.75. The number of ether oxygens (including phenoxy) is 1. The number of hydrogen-bond donors (Lipinski definition) is 1. The van der Waals surface area contributed by atoms with Crippen molar-refractivity contribution in [2.75, 3.05) is 0 Å². The summed E-state index contributed by atoms with van der Waals surface area (Å²) in [6.45, 7) is 1.78. The Labute approximate surface area is 122 Å². The van der Waals surface area contributed by atoms with Gasteiger partial charge in [0.25, 0.3) is 5.91 Å². The van der Waals surface area contributed by atoms with Gasteiger partial charge in [-0.3, -0.25) is 4.79 Å². The molecule has 0 aliphatic heterocycles. The number of carbonyl (C=O) groups is 1. The Bertz CT molecular complexity index is 597. The lowest BCUT2D eigenvalue weighted by Crippen LogP contribution is -2.26. The standard InChI is InChI=1S/C13H11F3N2O2S/c1-8(12-17-6-7-21-12)18-11(19)9-2-4-10(5-3-9)20-13(14,15)16/h2-8H,1H3,(H,18,19). The zero-order valence-corrected chi connectivity index (χ0v) is 11.7. The van der Waals surface area contributed by atoms with E-state index in [0.29, 0.717) is 0 Å². The van der Waals surface area contributed by atoms with Crippen LogP contribution in [0.3, 0.4) is 0 Å². The molecule has 0 spiro atoms. The van der Waals surface area contributed by atoms with E-state index in [4.69, 9.17) is 0 Å². The molecule has 0 bridgehead atoms. The number of alkyl halides is 3. The summed E-state index contributed by atoms with van der Waals surface area (Å²) in [5.74, 6) is -0.761. The van der Waals surface area contributed by atoms with E-state index in [1.54, 1.807) is 18.5 Å². The van der Waals surface area contributed by atoms with Gasteiger partial charge in [0, 0.05) is 17.1 Å². The smallest absolute Gasteiger partial charge is 0.406 e. The Morgan fingerprint density at radius 3 is 2.52 bits per heavy atom. The van der Waals surface area contributed by atoms with Crippen molar-refractivity contribution in [1.29, 1.82) is 0 Å². The average Bonchev–Trinajstić information content (AvgIpc) is 2.91. The fourth-order valence-electron chi connectivity index (χ4n) is 1.60. The second-order valence-corrected chi connectivity index (χ2v) is 5.06. The molecule has 0 fully saturated rings. The zero-order chi connectivity index (χ0) is 15.5. The van der Waals surface area contributed by atoms with Crippen LogP contribution >= 0.6 is 11.3 Å². The van der Waals surface area contributed by atoms with Gasteiger partial charge in [-0.05, 0) is 31.2 Å². The lowest BCUT2D eigenvalue weighted by Gasteiger charge is -2.12. The maximum Gasteiger partial charge on any atom is 0.573 e. The molecule has 1 unspecified atom stereocenters. The van der Waals surface area contributed by atoms with Gasteiger partial charge in [-0.25, -0.2) is 4.98 Å². The third-order valence-corrected chi connectivity index (χ3v) is 3.48. The Balaban J connectivity index is 2.00. The van der Waals surface area contributed by atoms with E-state index >= 15 is 0 Å². The topological polar surface area (TPSA) is 51.2 Å². The summed E-state index contributed by atoms with van der Waals surface area (Å²) in [4.78, 5) is 16.0. The minimum absolute atomic E-state index is 0.243. The predicted molar refractivity (Wildman–Crippen MR) is 71.1 cm³/mol. The van der Waals surface area contributed by atoms with E-state index in [2.05, 4.69) is 15.0 Å². The van der Waals surface area contributed by atoms with Crippen LogP contribution in [-0.2, 0) is 0 Å². The second kappa shape index (κ2) is 6.13. The minimum Gasteiger partial charge on any atom is -0.406 e. The third kappa shape index (κ3) is 4.45. The molecule has 4 nitrogen and oxygen atoms in total. The fraction of sp³-hybridized carbons (Fsp3) is 0.231. The molecule has 0 saturated heterocycles. The number of amides is 1. The number of nitrogens with one attached hydrogen (secondary N) is 1. The number of aromatic nitrogens is 1. The van der Waals surface area contributed by atoms with Crippen molar-refractivity contribution in [2.24, 2.45) is 0 Å². The molecule has 0 aliphatic rings. The first-order chi connectivity index (χ1) is 9.85. The quantitative estimate of drug-likeness (QED) is 0.939. The molecule has 0 radical (unpaired) electrons. The molecule has 112 valence electrons. The van der Waals surface area contributed by atoms with E-state index < -0.39 is 12.3 Å². The number of thiazole rings is 1. The van der Waals surface area contributed by atoms with Crippen molar-refractivity contribution in [2.45, 2.75) is 19.3 Å². The van der Waals surface area contributed by atoms with Gasteiger partial charge in [0.05, 0.1) is 6.04 Å². The maximum absolute atomic E-state index is 12.0. The molecule has 2 rings (SSSR count). The van der Waals surface area contributed by atoms with Crippen LogP contribution < -0.4 is 10.1 Å². The van der Waals surface area contributed by atoms with Crippen LogP contribution in [0.4, 0.5) is 13.2 Å². The lowest BCUT2D eigenvalue weighted by atomic mass is 10.2. The Morgan fingerprint density at radius 2 is 2.00 bits per heavy atom. The number of rotatable bonds is 4. The molecular formula is C13H11F3N2O2S. The van der Waals surface area contributed by atoms with Gasteiger partial charge in [-0.15, -0.1) is 24.5 Å². The van der Waals surface area contributed by atoms with Crippen LogP contribution in [0.2, 0.25) is 0 Å². The van der Waals surface area contributed by atoms with Crippen molar-refractivity contribution >= 4 is 17.2 Å². The molecule has 0 aliphatic carbocycles. The molecule has 0 saturated carbocycles. The summed E-state index contributed by atoms with van der Waals surface area (Å²) in [6.07, 6.45) is -3.12. The number of hydrogen-bond acceptors (Lipinski definition) is 4. The average molecular weight is 316 g/mol. The van der Waals surface area contributed by atoms with Gasteiger partial charge in [0.15, 0.2) is 0 Å². The summed E-state index contributed by atoms with van der Waals surface area (Å²) in [6, 6.07) is 4.45. The summed E-state index contributed by atoms with van der Waals surface area (Å²) >= 11 is 1.41. The number of benzene rings is 1. The van der Waals surface area contributed by atoms with Crippen molar-refractivity contribution in [3.63, 3.8) is 0 Å². The third-order valence-electron chi connectivity index (χ3n) is 2.52. The maximum atomic E-state index is 12.0. The van der Waals surface area contributed by atoms with Gasteiger partial charge in [-0.2, -0.15) is 0 Å². The van der Waals surface area contributed by atoms with Gasteiger partial charge in [0.2, 0.25) is 0 Å². The first-order valence-corrected chi connectivity index (χ1v) is 6.79. The first kappa shape index (κ1) is 15.3. The highest BCUT2D eigenvalue weighted by molar-refractivity contribution is 7.09. The second-order valence-electron chi connectivity index (χ2n) is 4.14. The Kier molecular flexibility index (Phi) is 4.46. The van der Waals surface area contributed by atoms with Crippen LogP contribution in [0, 0.1) is 0 Å². The van der Waals surface area contributed by atoms with E-state index in [-0.39, 0.29) is 17.4 Å².